The van der Waals surface area contributed by atoms with Crippen LogP contribution in [0.25, 0.3) is 0 Å². The van der Waals surface area contributed by atoms with Crippen LogP contribution in [0, 0.1) is 5.92 Å². The molecule has 5 nitrogen and oxygen atoms in total. The maximum absolute atomic E-state index is 10.2. The smallest absolute Gasteiger partial charge is 0.303 e. The molecule has 3 atom stereocenters. The zero-order valence-electron chi connectivity index (χ0n) is 5.93. The molecule has 0 amide bonds. The van der Waals surface area contributed by atoms with Crippen LogP contribution < -0.4 is 5.73 Å². The van der Waals surface area contributed by atoms with Crippen molar-refractivity contribution in [2.24, 2.45) is 11.7 Å². The Hall–Kier alpha value is -0.650. The number of aliphatic hydroxyl groups excluding tert-OH is 1. The summed E-state index contributed by atoms with van der Waals surface area (Å²) in [5.74, 6) is -1.43. The minimum Gasteiger partial charge on any atom is -0.481 e. The highest BCUT2D eigenvalue weighted by atomic mass is 16.5. The highest BCUT2D eigenvalue weighted by molar-refractivity contribution is 5.67. The van der Waals surface area contributed by atoms with E-state index in [0.717, 1.165) is 0 Å². The number of nitrogens with two attached hydrogens (primary N) is 1. The Balaban J connectivity index is 2.47. The normalized spacial score (nSPS) is 37.5. The lowest BCUT2D eigenvalue weighted by Gasteiger charge is -2.13. The fourth-order valence-electron chi connectivity index (χ4n) is 1.13. The van der Waals surface area contributed by atoms with Gasteiger partial charge in [0.25, 0.3) is 0 Å². The van der Waals surface area contributed by atoms with Crippen molar-refractivity contribution >= 4 is 5.97 Å². The zero-order valence-corrected chi connectivity index (χ0v) is 5.93. The molecule has 0 spiro atoms. The fraction of sp³-hybridized carbons (Fsp3) is 0.833. The van der Waals surface area contributed by atoms with Gasteiger partial charge in [-0.3, -0.25) is 4.79 Å². The first-order valence-corrected chi connectivity index (χ1v) is 3.38. The molecule has 1 unspecified atom stereocenters. The molecule has 0 radical (unpaired) electrons. The van der Waals surface area contributed by atoms with Crippen LogP contribution in [0.4, 0.5) is 0 Å². The molecule has 4 N–H and O–H groups in total. The van der Waals surface area contributed by atoms with Gasteiger partial charge in [-0.1, -0.05) is 0 Å². The van der Waals surface area contributed by atoms with E-state index in [-0.39, 0.29) is 13.0 Å². The second-order valence-corrected chi connectivity index (χ2v) is 2.63. The lowest BCUT2D eigenvalue weighted by atomic mass is 10.0. The van der Waals surface area contributed by atoms with E-state index in [4.69, 9.17) is 20.7 Å². The van der Waals surface area contributed by atoms with Crippen molar-refractivity contribution in [1.82, 2.24) is 0 Å². The van der Waals surface area contributed by atoms with Crippen LogP contribution >= 0.6 is 0 Å². The number of carbonyl (C=O) groups is 1. The Bertz CT molecular complexity index is 151. The second kappa shape index (κ2) is 3.17. The summed E-state index contributed by atoms with van der Waals surface area (Å²) in [5, 5.41) is 17.5. The van der Waals surface area contributed by atoms with Crippen molar-refractivity contribution in [3.8, 4) is 0 Å². The molecule has 0 aromatic carbocycles. The summed E-state index contributed by atoms with van der Waals surface area (Å²) in [7, 11) is 0. The third-order valence-electron chi connectivity index (χ3n) is 1.79. The van der Waals surface area contributed by atoms with Gasteiger partial charge in [-0.2, -0.15) is 0 Å². The first-order chi connectivity index (χ1) is 5.11. The highest BCUT2D eigenvalue weighted by Gasteiger charge is 2.34. The minimum absolute atomic E-state index is 0.137. The van der Waals surface area contributed by atoms with Crippen molar-refractivity contribution in [3.63, 3.8) is 0 Å². The van der Waals surface area contributed by atoms with Gasteiger partial charge >= 0.3 is 5.97 Å². The van der Waals surface area contributed by atoms with Crippen LogP contribution in [0.3, 0.4) is 0 Å². The lowest BCUT2D eigenvalue weighted by Crippen LogP contribution is -2.32. The number of ether oxygens (including phenoxy) is 1. The SMILES string of the molecule is NC1OC[C@H](O)[C@@H]1CC(=O)O. The molecule has 11 heavy (non-hydrogen) atoms. The molecular weight excluding hydrogens is 150 g/mol. The number of aliphatic carboxylic acids is 1. The molecule has 1 aliphatic heterocycles. The Kier molecular flexibility index (Phi) is 2.43. The summed E-state index contributed by atoms with van der Waals surface area (Å²) in [6.45, 7) is 0.138. The lowest BCUT2D eigenvalue weighted by molar-refractivity contribution is -0.139. The zero-order chi connectivity index (χ0) is 8.43. The topological polar surface area (TPSA) is 92.8 Å². The maximum Gasteiger partial charge on any atom is 0.303 e. The molecular formula is C6H11NO4. The van der Waals surface area contributed by atoms with E-state index in [1.54, 1.807) is 0 Å². The van der Waals surface area contributed by atoms with E-state index in [2.05, 4.69) is 0 Å². The number of hydrogen-bond donors (Lipinski definition) is 3. The molecule has 1 rings (SSSR count). The van der Waals surface area contributed by atoms with Crippen LogP contribution in [0.5, 0.6) is 0 Å². The van der Waals surface area contributed by atoms with E-state index >= 15 is 0 Å². The molecule has 0 aliphatic carbocycles. The highest BCUT2D eigenvalue weighted by Crippen LogP contribution is 2.20. The van der Waals surface area contributed by atoms with Crippen LogP contribution in [-0.4, -0.2) is 35.1 Å². The molecule has 0 bridgehead atoms. The van der Waals surface area contributed by atoms with Gasteiger partial charge in [0.2, 0.25) is 0 Å². The van der Waals surface area contributed by atoms with E-state index in [9.17, 15) is 4.79 Å². The van der Waals surface area contributed by atoms with E-state index in [1.165, 1.54) is 0 Å². The molecule has 64 valence electrons. The quantitative estimate of drug-likeness (QED) is 0.470. The van der Waals surface area contributed by atoms with Crippen molar-refractivity contribution in [1.29, 1.82) is 0 Å². The van der Waals surface area contributed by atoms with Crippen LogP contribution in [-0.2, 0) is 9.53 Å². The third-order valence-corrected chi connectivity index (χ3v) is 1.79. The van der Waals surface area contributed by atoms with Gasteiger partial charge in [-0.15, -0.1) is 0 Å². The van der Waals surface area contributed by atoms with Crippen molar-refractivity contribution in [3.05, 3.63) is 0 Å². The maximum atomic E-state index is 10.2. The van der Waals surface area contributed by atoms with Gasteiger partial charge in [-0.05, 0) is 0 Å². The first kappa shape index (κ1) is 8.45. The van der Waals surface area contributed by atoms with Crippen molar-refractivity contribution < 1.29 is 19.7 Å². The van der Waals surface area contributed by atoms with Crippen molar-refractivity contribution in [2.75, 3.05) is 6.61 Å². The van der Waals surface area contributed by atoms with Crippen LogP contribution in [0.2, 0.25) is 0 Å². The molecule has 0 saturated carbocycles. The van der Waals surface area contributed by atoms with Crippen LogP contribution in [0.15, 0.2) is 0 Å². The van der Waals surface area contributed by atoms with Gasteiger partial charge in [0.05, 0.1) is 19.1 Å². The Labute approximate surface area is 63.8 Å². The number of aliphatic hydroxyl groups is 1. The standard InChI is InChI=1S/C6H11NO4/c7-6-3(1-5(9)10)4(8)2-11-6/h3-4,6,8H,1-2,7H2,(H,9,10)/t3-,4-,6?/m0/s1. The number of carboxylic acid groups (broad SMARTS) is 1. The summed E-state index contributed by atoms with van der Waals surface area (Å²) in [4.78, 5) is 10.2. The molecule has 1 fully saturated rings. The predicted octanol–water partition coefficient (Wildman–Crippen LogP) is -1.25. The molecule has 0 aromatic rings. The third kappa shape index (κ3) is 1.89. The summed E-state index contributed by atoms with van der Waals surface area (Å²) in [5.41, 5.74) is 5.37. The van der Waals surface area contributed by atoms with Gasteiger partial charge in [0.1, 0.15) is 6.23 Å². The summed E-state index contributed by atoms with van der Waals surface area (Å²) in [6, 6.07) is 0. The molecule has 1 aliphatic rings. The Morgan fingerprint density at radius 1 is 1.73 bits per heavy atom. The summed E-state index contributed by atoms with van der Waals surface area (Å²) in [6.07, 6.45) is -1.51. The monoisotopic (exact) mass is 161 g/mol. The van der Waals surface area contributed by atoms with Gasteiger partial charge in [0.15, 0.2) is 0 Å². The van der Waals surface area contributed by atoms with Crippen molar-refractivity contribution in [2.45, 2.75) is 18.8 Å². The number of rotatable bonds is 2. The first-order valence-electron chi connectivity index (χ1n) is 3.38. The van der Waals surface area contributed by atoms with E-state index < -0.39 is 24.2 Å². The van der Waals surface area contributed by atoms with Gasteiger partial charge in [-0.25, -0.2) is 0 Å². The molecule has 5 heteroatoms. The van der Waals surface area contributed by atoms with E-state index in [0.29, 0.717) is 0 Å². The molecule has 1 heterocycles. The fourth-order valence-corrected chi connectivity index (χ4v) is 1.13. The summed E-state index contributed by atoms with van der Waals surface area (Å²) < 4.78 is 4.84. The predicted molar refractivity (Wildman–Crippen MR) is 35.7 cm³/mol. The Morgan fingerprint density at radius 3 is 2.73 bits per heavy atom. The number of hydrogen-bond acceptors (Lipinski definition) is 4. The van der Waals surface area contributed by atoms with Gasteiger partial charge in [0, 0.05) is 5.92 Å². The average Bonchev–Trinajstić information content (AvgIpc) is 2.18. The van der Waals surface area contributed by atoms with Gasteiger partial charge < -0.3 is 20.7 Å². The average molecular weight is 161 g/mol. The molecule has 0 aromatic heterocycles. The molecule has 1 saturated heterocycles. The Morgan fingerprint density at radius 2 is 2.36 bits per heavy atom. The minimum atomic E-state index is -0.963. The number of carboxylic acids is 1. The van der Waals surface area contributed by atoms with E-state index in [1.807, 2.05) is 0 Å². The summed E-state index contributed by atoms with van der Waals surface area (Å²) >= 11 is 0. The largest absolute Gasteiger partial charge is 0.481 e. The second-order valence-electron chi connectivity index (χ2n) is 2.63. The van der Waals surface area contributed by atoms with Crippen LogP contribution in [0.1, 0.15) is 6.42 Å².